The molecule has 2 heterocycles. The second-order valence-corrected chi connectivity index (χ2v) is 7.40. The Balaban J connectivity index is 1.66. The van der Waals surface area contributed by atoms with Gasteiger partial charge in [-0.3, -0.25) is 4.84 Å². The average molecular weight is 439 g/mol. The first-order chi connectivity index (χ1) is 15.5. The van der Waals surface area contributed by atoms with Gasteiger partial charge in [0.05, 0.1) is 13.2 Å². The third-order valence-electron chi connectivity index (χ3n) is 5.37. The molecule has 1 N–H and O–H groups in total. The highest BCUT2D eigenvalue weighted by Crippen LogP contribution is 2.45. The van der Waals surface area contributed by atoms with E-state index in [1.165, 1.54) is 9.96 Å². The number of nitrogens with zero attached hydrogens (tertiary/aromatic N) is 2. The standard InChI is InChI=1S/C23H25N3O6/c1-3-24-22(28)32-16-10-11-17-18(12-16)19-13-25(20(17)21(27)30-4-2)23(29)26(19)31-14-15-8-6-5-7-9-15/h5-12,19-20H,3-4,13-14H2,1-2H3,(H,24,28)/t19-,20-/m1/s1. The van der Waals surface area contributed by atoms with Crippen LogP contribution >= 0.6 is 0 Å². The van der Waals surface area contributed by atoms with Crippen molar-refractivity contribution in [2.24, 2.45) is 0 Å². The predicted molar refractivity (Wildman–Crippen MR) is 113 cm³/mol. The fraction of sp³-hybridized carbons (Fsp3) is 0.348. The van der Waals surface area contributed by atoms with Crippen LogP contribution in [0.3, 0.4) is 0 Å². The van der Waals surface area contributed by atoms with Crippen molar-refractivity contribution in [1.82, 2.24) is 15.3 Å². The number of amides is 3. The number of carbonyl (C=O) groups is 3. The number of carbonyl (C=O) groups excluding carboxylic acids is 3. The number of esters is 1. The third-order valence-corrected chi connectivity index (χ3v) is 5.37. The van der Waals surface area contributed by atoms with E-state index in [1.54, 1.807) is 32.0 Å². The lowest BCUT2D eigenvalue weighted by atomic mass is 9.91. The maximum atomic E-state index is 13.2. The number of nitrogens with one attached hydrogen (secondary N) is 1. The van der Waals surface area contributed by atoms with Crippen LogP contribution in [0.25, 0.3) is 0 Å². The van der Waals surface area contributed by atoms with Gasteiger partial charge in [0.2, 0.25) is 0 Å². The van der Waals surface area contributed by atoms with Crippen LogP contribution in [0, 0.1) is 0 Å². The van der Waals surface area contributed by atoms with Crippen molar-refractivity contribution in [3.63, 3.8) is 0 Å². The molecule has 9 nitrogen and oxygen atoms in total. The summed E-state index contributed by atoms with van der Waals surface area (Å²) >= 11 is 0. The first-order valence-corrected chi connectivity index (χ1v) is 10.6. The van der Waals surface area contributed by atoms with Gasteiger partial charge in [-0.25, -0.2) is 14.4 Å². The molecule has 2 aromatic carbocycles. The second-order valence-electron chi connectivity index (χ2n) is 7.40. The number of fused-ring (bicyclic) bond motifs is 4. The molecule has 2 aliphatic rings. The summed E-state index contributed by atoms with van der Waals surface area (Å²) in [6.07, 6.45) is -0.577. The SMILES string of the molecule is CCNC(=O)Oc1ccc2c(c1)[C@H]1CN(C(=O)N1OCc1ccccc1)[C@H]2C(=O)OCC. The minimum absolute atomic E-state index is 0.197. The predicted octanol–water partition coefficient (Wildman–Crippen LogP) is 3.32. The molecule has 2 aliphatic heterocycles. The van der Waals surface area contributed by atoms with E-state index in [-0.39, 0.29) is 19.8 Å². The zero-order valence-electron chi connectivity index (χ0n) is 17.9. The molecule has 0 spiro atoms. The van der Waals surface area contributed by atoms with Crippen molar-refractivity contribution in [3.8, 4) is 5.75 Å². The Morgan fingerprint density at radius 3 is 2.59 bits per heavy atom. The van der Waals surface area contributed by atoms with Gasteiger partial charge in [0, 0.05) is 6.54 Å². The normalized spacial score (nSPS) is 18.9. The lowest BCUT2D eigenvalue weighted by molar-refractivity contribution is -0.149. The topological polar surface area (TPSA) is 97.4 Å². The lowest BCUT2D eigenvalue weighted by Gasteiger charge is -2.31. The van der Waals surface area contributed by atoms with E-state index in [9.17, 15) is 14.4 Å². The first kappa shape index (κ1) is 21.6. The van der Waals surface area contributed by atoms with Gasteiger partial charge < -0.3 is 19.7 Å². The quantitative estimate of drug-likeness (QED) is 0.665. The van der Waals surface area contributed by atoms with Crippen LogP contribution in [0.5, 0.6) is 5.75 Å². The monoisotopic (exact) mass is 439 g/mol. The fourth-order valence-corrected chi connectivity index (χ4v) is 3.99. The maximum Gasteiger partial charge on any atom is 0.412 e. The Hall–Kier alpha value is -3.59. The largest absolute Gasteiger partial charge is 0.464 e. The fourth-order valence-electron chi connectivity index (χ4n) is 3.99. The Bertz CT molecular complexity index is 1010. The molecule has 1 fully saturated rings. The van der Waals surface area contributed by atoms with E-state index < -0.39 is 30.2 Å². The van der Waals surface area contributed by atoms with E-state index in [1.807, 2.05) is 30.3 Å². The van der Waals surface area contributed by atoms with Gasteiger partial charge in [-0.2, -0.15) is 5.06 Å². The number of urea groups is 1. The molecule has 0 aromatic heterocycles. The smallest absolute Gasteiger partial charge is 0.412 e. The highest BCUT2D eigenvalue weighted by atomic mass is 16.7. The molecule has 9 heteroatoms. The van der Waals surface area contributed by atoms with Gasteiger partial charge in [-0.1, -0.05) is 36.4 Å². The molecule has 2 bridgehead atoms. The summed E-state index contributed by atoms with van der Waals surface area (Å²) in [6.45, 7) is 4.60. The van der Waals surface area contributed by atoms with Gasteiger partial charge in [0.15, 0.2) is 6.04 Å². The Labute approximate surface area is 185 Å². The van der Waals surface area contributed by atoms with Crippen LogP contribution in [-0.4, -0.2) is 47.8 Å². The van der Waals surface area contributed by atoms with Crippen molar-refractivity contribution in [2.75, 3.05) is 19.7 Å². The summed E-state index contributed by atoms with van der Waals surface area (Å²) in [6, 6.07) is 12.7. The molecule has 0 unspecified atom stereocenters. The summed E-state index contributed by atoms with van der Waals surface area (Å²) in [4.78, 5) is 45.1. The van der Waals surface area contributed by atoms with E-state index in [0.717, 1.165) is 5.56 Å². The third kappa shape index (κ3) is 4.11. The molecule has 1 saturated heterocycles. The highest BCUT2D eigenvalue weighted by molar-refractivity contribution is 5.88. The molecule has 168 valence electrons. The average Bonchev–Trinajstić information content (AvgIpc) is 3.06. The summed E-state index contributed by atoms with van der Waals surface area (Å²) in [5.41, 5.74) is 2.22. The minimum Gasteiger partial charge on any atom is -0.464 e. The van der Waals surface area contributed by atoms with Crippen molar-refractivity contribution in [2.45, 2.75) is 32.5 Å². The van der Waals surface area contributed by atoms with Gasteiger partial charge in [-0.05, 0) is 42.7 Å². The lowest BCUT2D eigenvalue weighted by Crippen LogP contribution is -2.39. The molecule has 32 heavy (non-hydrogen) atoms. The second kappa shape index (κ2) is 9.27. The Morgan fingerprint density at radius 1 is 1.09 bits per heavy atom. The summed E-state index contributed by atoms with van der Waals surface area (Å²) in [7, 11) is 0. The van der Waals surface area contributed by atoms with Crippen LogP contribution in [0.15, 0.2) is 48.5 Å². The molecular weight excluding hydrogens is 414 g/mol. The van der Waals surface area contributed by atoms with E-state index >= 15 is 0 Å². The molecule has 4 rings (SSSR count). The number of hydrogen-bond acceptors (Lipinski definition) is 6. The number of ether oxygens (including phenoxy) is 2. The number of hydroxylamine groups is 2. The zero-order chi connectivity index (χ0) is 22.7. The molecular formula is C23H25N3O6. The van der Waals surface area contributed by atoms with Gasteiger partial charge >= 0.3 is 18.1 Å². The van der Waals surface area contributed by atoms with E-state index in [0.29, 0.717) is 23.4 Å². The molecule has 2 atom stereocenters. The van der Waals surface area contributed by atoms with Gasteiger partial charge in [-0.15, -0.1) is 0 Å². The Kier molecular flexibility index (Phi) is 6.27. The van der Waals surface area contributed by atoms with Gasteiger partial charge in [0.25, 0.3) is 0 Å². The number of benzene rings is 2. The molecule has 2 aromatic rings. The van der Waals surface area contributed by atoms with Gasteiger partial charge in [0.1, 0.15) is 18.4 Å². The van der Waals surface area contributed by atoms with Crippen LogP contribution in [0.1, 0.15) is 42.6 Å². The van der Waals surface area contributed by atoms with Crippen LogP contribution in [-0.2, 0) is 21.0 Å². The van der Waals surface area contributed by atoms with E-state index in [2.05, 4.69) is 5.32 Å². The van der Waals surface area contributed by atoms with Crippen molar-refractivity contribution in [3.05, 3.63) is 65.2 Å². The maximum absolute atomic E-state index is 13.2. The molecule has 0 radical (unpaired) electrons. The molecule has 0 saturated carbocycles. The molecule has 0 aliphatic carbocycles. The van der Waals surface area contributed by atoms with Crippen molar-refractivity contribution in [1.29, 1.82) is 0 Å². The minimum atomic E-state index is -0.891. The van der Waals surface area contributed by atoms with E-state index in [4.69, 9.17) is 14.3 Å². The molecule has 3 amide bonds. The Morgan fingerprint density at radius 2 is 1.88 bits per heavy atom. The summed E-state index contributed by atoms with van der Waals surface area (Å²) in [5, 5.41) is 3.87. The number of rotatable bonds is 7. The summed E-state index contributed by atoms with van der Waals surface area (Å²) in [5.74, 6) is -0.198. The number of hydrogen-bond donors (Lipinski definition) is 1. The highest BCUT2D eigenvalue weighted by Gasteiger charge is 2.51. The van der Waals surface area contributed by atoms with Crippen LogP contribution in [0.2, 0.25) is 0 Å². The van der Waals surface area contributed by atoms with Crippen molar-refractivity contribution < 1.29 is 28.7 Å². The van der Waals surface area contributed by atoms with Crippen molar-refractivity contribution >= 4 is 18.1 Å². The first-order valence-electron chi connectivity index (χ1n) is 10.6. The van der Waals surface area contributed by atoms with Crippen LogP contribution < -0.4 is 10.1 Å². The van der Waals surface area contributed by atoms with Crippen LogP contribution in [0.4, 0.5) is 9.59 Å². The summed E-state index contributed by atoms with van der Waals surface area (Å²) < 4.78 is 10.6. The zero-order valence-corrected chi connectivity index (χ0v) is 17.9.